The van der Waals surface area contributed by atoms with E-state index in [0.29, 0.717) is 13.0 Å². The molecule has 0 rings (SSSR count). The largest absolute Gasteiger partial charge is 0.462 e. The van der Waals surface area contributed by atoms with Crippen LogP contribution in [-0.4, -0.2) is 19.2 Å². The minimum absolute atomic E-state index is 0.262. The van der Waals surface area contributed by atoms with Crippen molar-refractivity contribution in [3.05, 3.63) is 12.7 Å². The van der Waals surface area contributed by atoms with Crippen molar-refractivity contribution >= 4 is 52.7 Å². The van der Waals surface area contributed by atoms with E-state index in [1.807, 2.05) is 0 Å². The van der Waals surface area contributed by atoms with Crippen LogP contribution in [0.5, 0.6) is 0 Å². The molecule has 0 aromatic rings. The summed E-state index contributed by atoms with van der Waals surface area (Å²) in [5, 5.41) is 0. The van der Waals surface area contributed by atoms with Crippen LogP contribution >= 0.6 is 46.7 Å². The van der Waals surface area contributed by atoms with Gasteiger partial charge in [0, 0.05) is 56.6 Å². The van der Waals surface area contributed by atoms with Gasteiger partial charge >= 0.3 is 8.62 Å². The third-order valence-electron chi connectivity index (χ3n) is 0.941. The van der Waals surface area contributed by atoms with Crippen LogP contribution in [0.3, 0.4) is 0 Å². The number of rotatable bonds is 6. The Hall–Kier alpha value is 0.860. The number of ether oxygens (including phenoxy) is 1. The molecule has 0 aromatic carbocycles. The lowest BCUT2D eigenvalue weighted by Crippen LogP contribution is -2.03. The zero-order valence-corrected chi connectivity index (χ0v) is 12.0. The third-order valence-corrected chi connectivity index (χ3v) is 3.10. The standard InChI is InChI=1S/C6H9I2O4P/c1-2-6(9)11-4-3-5-12-13(7,8)10/h2H,1,3-5H2. The molecule has 0 atom stereocenters. The summed E-state index contributed by atoms with van der Waals surface area (Å²) < 4.78 is 18.2. The van der Waals surface area contributed by atoms with Gasteiger partial charge in [0.2, 0.25) is 0 Å². The van der Waals surface area contributed by atoms with Gasteiger partial charge in [0.1, 0.15) is 0 Å². The van der Waals surface area contributed by atoms with E-state index in [1.54, 1.807) is 44.1 Å². The molecule has 0 fully saturated rings. The monoisotopic (exact) mass is 430 g/mol. The van der Waals surface area contributed by atoms with Gasteiger partial charge in [-0.25, -0.2) is 4.79 Å². The summed E-state index contributed by atoms with van der Waals surface area (Å²) in [5.74, 6) is -0.452. The van der Waals surface area contributed by atoms with Gasteiger partial charge in [0.15, 0.2) is 0 Å². The number of hydrogen-bond donors (Lipinski definition) is 0. The van der Waals surface area contributed by atoms with Crippen molar-refractivity contribution in [3.8, 4) is 0 Å². The van der Waals surface area contributed by atoms with Gasteiger partial charge in [-0.2, -0.15) is 0 Å². The van der Waals surface area contributed by atoms with Crippen LogP contribution in [0, 0.1) is 0 Å². The Morgan fingerprint density at radius 2 is 2.08 bits per heavy atom. The van der Waals surface area contributed by atoms with E-state index >= 15 is 0 Å². The first-order chi connectivity index (χ1) is 5.95. The molecule has 4 nitrogen and oxygen atoms in total. The van der Waals surface area contributed by atoms with Crippen LogP contribution in [0.15, 0.2) is 12.7 Å². The second kappa shape index (κ2) is 7.19. The molecule has 0 saturated carbocycles. The second-order valence-corrected chi connectivity index (χ2v) is 16.2. The van der Waals surface area contributed by atoms with Gasteiger partial charge in [-0.15, -0.1) is 0 Å². The number of esters is 1. The van der Waals surface area contributed by atoms with Crippen molar-refractivity contribution in [3.63, 3.8) is 0 Å². The van der Waals surface area contributed by atoms with Crippen LogP contribution < -0.4 is 0 Å². The molecule has 0 aromatic heterocycles. The first-order valence-electron chi connectivity index (χ1n) is 3.39. The summed E-state index contributed by atoms with van der Waals surface area (Å²) in [5.41, 5.74) is 0. The summed E-state index contributed by atoms with van der Waals surface area (Å²) in [6.45, 7) is 3.84. The highest BCUT2D eigenvalue weighted by Crippen LogP contribution is 2.63. The molecule has 0 aliphatic carbocycles. The molecule has 0 aliphatic heterocycles. The summed E-state index contributed by atoms with van der Waals surface area (Å²) in [6.07, 6.45) is 1.64. The Bertz CT molecular complexity index is 225. The highest BCUT2D eigenvalue weighted by Gasteiger charge is 2.11. The molecular weight excluding hydrogens is 421 g/mol. The fourth-order valence-corrected chi connectivity index (χ4v) is 1.98. The molecule has 0 spiro atoms. The minimum atomic E-state index is -2.46. The van der Waals surface area contributed by atoms with Crippen molar-refractivity contribution in [2.45, 2.75) is 6.42 Å². The molecule has 0 N–H and O–H groups in total. The Kier molecular flexibility index (Phi) is 7.67. The molecule has 0 bridgehead atoms. The summed E-state index contributed by atoms with van der Waals surface area (Å²) >= 11 is 3.49. The molecule has 0 aliphatic rings. The summed E-state index contributed by atoms with van der Waals surface area (Å²) in [6, 6.07) is 0. The number of carbonyl (C=O) groups excluding carboxylic acids is 1. The average Bonchev–Trinajstić information content (AvgIpc) is 2.01. The Morgan fingerprint density at radius 1 is 1.46 bits per heavy atom. The van der Waals surface area contributed by atoms with Crippen LogP contribution in [-0.2, 0) is 18.6 Å². The maximum absolute atomic E-state index is 11.0. The van der Waals surface area contributed by atoms with E-state index in [9.17, 15) is 9.36 Å². The summed E-state index contributed by atoms with van der Waals surface area (Å²) in [4.78, 5) is 10.5. The zero-order valence-electron chi connectivity index (χ0n) is 6.74. The molecule has 0 unspecified atom stereocenters. The molecule has 0 saturated heterocycles. The van der Waals surface area contributed by atoms with Crippen molar-refractivity contribution < 1.29 is 18.6 Å². The van der Waals surface area contributed by atoms with Gasteiger partial charge < -0.3 is 9.26 Å². The Labute approximate surface area is 103 Å². The molecule has 76 valence electrons. The molecule has 7 heteroatoms. The summed E-state index contributed by atoms with van der Waals surface area (Å²) in [7, 11) is 0. The SMILES string of the molecule is C=CC(=O)OCCCOP(=O)(I)I. The van der Waals surface area contributed by atoms with Gasteiger partial charge in [0.05, 0.1) is 13.2 Å². The predicted molar refractivity (Wildman–Crippen MR) is 67.4 cm³/mol. The number of hydrogen-bond acceptors (Lipinski definition) is 4. The van der Waals surface area contributed by atoms with Crippen LogP contribution in [0.4, 0.5) is 0 Å². The van der Waals surface area contributed by atoms with Gasteiger partial charge in [-0.1, -0.05) is 6.58 Å². The lowest BCUT2D eigenvalue weighted by atomic mass is 10.5. The zero-order chi connectivity index (χ0) is 10.3. The quantitative estimate of drug-likeness (QED) is 0.214. The minimum Gasteiger partial charge on any atom is -0.462 e. The topological polar surface area (TPSA) is 52.6 Å². The third kappa shape index (κ3) is 10.8. The fraction of sp³-hybridized carbons (Fsp3) is 0.500. The van der Waals surface area contributed by atoms with Crippen molar-refractivity contribution in [2.75, 3.05) is 13.2 Å². The van der Waals surface area contributed by atoms with E-state index in [0.717, 1.165) is 6.08 Å². The van der Waals surface area contributed by atoms with E-state index in [4.69, 9.17) is 4.52 Å². The maximum Gasteiger partial charge on any atom is 0.330 e. The molecule has 0 radical (unpaired) electrons. The molecule has 0 heterocycles. The van der Waals surface area contributed by atoms with E-state index in [2.05, 4.69) is 11.3 Å². The Balaban J connectivity index is 3.32. The lowest BCUT2D eigenvalue weighted by Gasteiger charge is -2.04. The number of carbonyl (C=O) groups is 1. The Morgan fingerprint density at radius 3 is 2.54 bits per heavy atom. The highest BCUT2D eigenvalue weighted by molar-refractivity contribution is 14.3. The second-order valence-electron chi connectivity index (χ2n) is 1.97. The first kappa shape index (κ1) is 13.9. The van der Waals surface area contributed by atoms with E-state index < -0.39 is 8.62 Å². The van der Waals surface area contributed by atoms with E-state index in [-0.39, 0.29) is 6.61 Å². The lowest BCUT2D eigenvalue weighted by molar-refractivity contribution is -0.137. The predicted octanol–water partition coefficient (Wildman–Crippen LogP) is 3.10. The highest BCUT2D eigenvalue weighted by atomic mass is 127. The number of halogens is 2. The van der Waals surface area contributed by atoms with Gasteiger partial charge in [-0.3, -0.25) is 4.57 Å². The van der Waals surface area contributed by atoms with Gasteiger partial charge in [-0.05, 0) is 0 Å². The molecular formula is C6H9I2O4P. The van der Waals surface area contributed by atoms with Crippen molar-refractivity contribution in [1.82, 2.24) is 0 Å². The first-order valence-corrected chi connectivity index (χ1v) is 10.6. The van der Waals surface area contributed by atoms with Crippen molar-refractivity contribution in [1.29, 1.82) is 0 Å². The average molecular weight is 430 g/mol. The van der Waals surface area contributed by atoms with E-state index in [1.165, 1.54) is 0 Å². The smallest absolute Gasteiger partial charge is 0.330 e. The van der Waals surface area contributed by atoms with Gasteiger partial charge in [0.25, 0.3) is 0 Å². The maximum atomic E-state index is 11.0. The fourth-order valence-electron chi connectivity index (χ4n) is 0.461. The van der Waals surface area contributed by atoms with Crippen LogP contribution in [0.1, 0.15) is 6.42 Å². The molecule has 13 heavy (non-hydrogen) atoms. The van der Waals surface area contributed by atoms with Crippen LogP contribution in [0.2, 0.25) is 0 Å². The van der Waals surface area contributed by atoms with Crippen molar-refractivity contribution in [2.24, 2.45) is 0 Å². The molecule has 0 amide bonds. The van der Waals surface area contributed by atoms with Crippen LogP contribution in [0.25, 0.3) is 0 Å². The normalized spacial score (nSPS) is 10.9.